The highest BCUT2D eigenvalue weighted by atomic mass is 16.5. The van der Waals surface area contributed by atoms with Gasteiger partial charge in [-0.05, 0) is 43.4 Å². The lowest BCUT2D eigenvalue weighted by molar-refractivity contribution is -0.151. The molecule has 0 radical (unpaired) electrons. The van der Waals surface area contributed by atoms with Crippen LogP contribution < -0.4 is 4.90 Å². The summed E-state index contributed by atoms with van der Waals surface area (Å²) >= 11 is 0. The van der Waals surface area contributed by atoms with Crippen molar-refractivity contribution in [1.29, 1.82) is 0 Å². The molecular formula is C22H31N3O4. The van der Waals surface area contributed by atoms with Crippen molar-refractivity contribution in [1.82, 2.24) is 9.80 Å². The molecule has 0 spiro atoms. The third-order valence-electron chi connectivity index (χ3n) is 5.76. The zero-order chi connectivity index (χ0) is 21.0. The van der Waals surface area contributed by atoms with Crippen molar-refractivity contribution < 1.29 is 19.1 Å². The van der Waals surface area contributed by atoms with Crippen molar-refractivity contribution in [2.45, 2.75) is 39.5 Å². The van der Waals surface area contributed by atoms with E-state index in [1.807, 2.05) is 12.1 Å². The minimum atomic E-state index is -0.173. The number of benzene rings is 1. The summed E-state index contributed by atoms with van der Waals surface area (Å²) in [5.41, 5.74) is 2.10. The number of ether oxygens (including phenoxy) is 1. The fraction of sp³-hybridized carbons (Fsp3) is 0.591. The van der Waals surface area contributed by atoms with Crippen LogP contribution in [-0.4, -0.2) is 67.0 Å². The van der Waals surface area contributed by atoms with E-state index in [4.69, 9.17) is 4.74 Å². The van der Waals surface area contributed by atoms with Gasteiger partial charge in [-0.25, -0.2) is 4.79 Å². The standard InChI is InChI=1S/C22H31N3O4/c1-4-29-21(27)18-9-11-23(12-10-18)20(26)15-24-13-14-25(22(24)28)19-7-5-17(6-8-19)16(2)3/h5-8,16,18H,4,9-15H2,1-3H3. The number of urea groups is 1. The van der Waals surface area contributed by atoms with E-state index in [-0.39, 0.29) is 30.4 Å². The molecule has 7 heteroatoms. The normalized spacial score (nSPS) is 17.9. The van der Waals surface area contributed by atoms with E-state index < -0.39 is 0 Å². The van der Waals surface area contributed by atoms with Crippen molar-refractivity contribution in [3.63, 3.8) is 0 Å². The van der Waals surface area contributed by atoms with Crippen molar-refractivity contribution in [3.05, 3.63) is 29.8 Å². The Balaban J connectivity index is 1.52. The number of amides is 3. The van der Waals surface area contributed by atoms with E-state index in [1.54, 1.807) is 21.6 Å². The highest BCUT2D eigenvalue weighted by Gasteiger charge is 2.33. The monoisotopic (exact) mass is 401 g/mol. The number of likely N-dealkylation sites (tertiary alicyclic amines) is 1. The van der Waals surface area contributed by atoms with Crippen LogP contribution in [0.15, 0.2) is 24.3 Å². The molecule has 0 aliphatic carbocycles. The van der Waals surface area contributed by atoms with Gasteiger partial charge in [-0.2, -0.15) is 0 Å². The van der Waals surface area contributed by atoms with Gasteiger partial charge in [0, 0.05) is 31.9 Å². The quantitative estimate of drug-likeness (QED) is 0.688. The largest absolute Gasteiger partial charge is 0.466 e. The van der Waals surface area contributed by atoms with Crippen LogP contribution in [0.2, 0.25) is 0 Å². The number of carbonyl (C=O) groups excluding carboxylic acids is 3. The van der Waals surface area contributed by atoms with E-state index in [1.165, 1.54) is 5.56 Å². The number of esters is 1. The van der Waals surface area contributed by atoms with E-state index >= 15 is 0 Å². The number of anilines is 1. The summed E-state index contributed by atoms with van der Waals surface area (Å²) in [6, 6.07) is 7.91. The molecule has 1 aromatic rings. The van der Waals surface area contributed by atoms with Crippen LogP contribution in [0.25, 0.3) is 0 Å². The van der Waals surface area contributed by atoms with Gasteiger partial charge in [-0.1, -0.05) is 26.0 Å². The molecule has 2 aliphatic heterocycles. The van der Waals surface area contributed by atoms with Crippen LogP contribution in [0.4, 0.5) is 10.5 Å². The maximum atomic E-state index is 12.8. The SMILES string of the molecule is CCOC(=O)C1CCN(C(=O)CN2CCN(c3ccc(C(C)C)cc3)C2=O)CC1. The van der Waals surface area contributed by atoms with Crippen LogP contribution in [0.3, 0.4) is 0 Å². The molecule has 7 nitrogen and oxygen atoms in total. The number of hydrogen-bond acceptors (Lipinski definition) is 4. The van der Waals surface area contributed by atoms with Crippen molar-refractivity contribution in [3.8, 4) is 0 Å². The minimum Gasteiger partial charge on any atom is -0.466 e. The lowest BCUT2D eigenvalue weighted by atomic mass is 9.97. The summed E-state index contributed by atoms with van der Waals surface area (Å²) in [6.45, 7) is 8.72. The van der Waals surface area contributed by atoms with E-state index in [9.17, 15) is 14.4 Å². The minimum absolute atomic E-state index is 0.0577. The summed E-state index contributed by atoms with van der Waals surface area (Å²) in [7, 11) is 0. The van der Waals surface area contributed by atoms with Gasteiger partial charge in [0.15, 0.2) is 0 Å². The molecule has 0 bridgehead atoms. The molecule has 0 saturated carbocycles. The first-order chi connectivity index (χ1) is 13.9. The number of piperidine rings is 1. The Morgan fingerprint density at radius 3 is 2.31 bits per heavy atom. The highest BCUT2D eigenvalue weighted by molar-refractivity contribution is 5.96. The fourth-order valence-corrected chi connectivity index (χ4v) is 3.90. The molecule has 2 heterocycles. The number of nitrogens with zero attached hydrogens (tertiary/aromatic N) is 3. The Hall–Kier alpha value is -2.57. The van der Waals surface area contributed by atoms with E-state index in [0.29, 0.717) is 51.5 Å². The molecule has 29 heavy (non-hydrogen) atoms. The Morgan fingerprint density at radius 1 is 1.07 bits per heavy atom. The van der Waals surface area contributed by atoms with Gasteiger partial charge in [0.25, 0.3) is 0 Å². The van der Waals surface area contributed by atoms with Gasteiger partial charge in [-0.3, -0.25) is 14.5 Å². The number of hydrogen-bond donors (Lipinski definition) is 0. The Bertz CT molecular complexity index is 739. The predicted octanol–water partition coefficient (Wildman–Crippen LogP) is 2.85. The molecule has 3 rings (SSSR count). The first kappa shape index (κ1) is 21.1. The average molecular weight is 402 g/mol. The van der Waals surface area contributed by atoms with E-state index in [2.05, 4.69) is 26.0 Å². The summed E-state index contributed by atoms with van der Waals surface area (Å²) in [5, 5.41) is 0. The molecule has 3 amide bonds. The molecular weight excluding hydrogens is 370 g/mol. The molecule has 0 aromatic heterocycles. The average Bonchev–Trinajstić information content (AvgIpc) is 3.08. The van der Waals surface area contributed by atoms with Crippen LogP contribution >= 0.6 is 0 Å². The van der Waals surface area contributed by atoms with Gasteiger partial charge >= 0.3 is 12.0 Å². The maximum Gasteiger partial charge on any atom is 0.325 e. The molecule has 0 N–H and O–H groups in total. The summed E-state index contributed by atoms with van der Waals surface area (Å²) < 4.78 is 5.07. The fourth-order valence-electron chi connectivity index (χ4n) is 3.90. The van der Waals surface area contributed by atoms with Crippen molar-refractivity contribution in [2.24, 2.45) is 5.92 Å². The van der Waals surface area contributed by atoms with Gasteiger partial charge in [0.2, 0.25) is 5.91 Å². The first-order valence-corrected chi connectivity index (χ1v) is 10.5. The summed E-state index contributed by atoms with van der Waals surface area (Å²) in [4.78, 5) is 42.4. The second-order valence-corrected chi connectivity index (χ2v) is 8.01. The van der Waals surface area contributed by atoms with Gasteiger partial charge in [0.1, 0.15) is 6.54 Å². The molecule has 158 valence electrons. The Morgan fingerprint density at radius 2 is 1.72 bits per heavy atom. The topological polar surface area (TPSA) is 70.2 Å². The van der Waals surface area contributed by atoms with Gasteiger partial charge in [-0.15, -0.1) is 0 Å². The molecule has 0 unspecified atom stereocenters. The third kappa shape index (κ3) is 4.89. The second-order valence-electron chi connectivity index (χ2n) is 8.01. The van der Waals surface area contributed by atoms with Crippen LogP contribution in [0.1, 0.15) is 45.1 Å². The molecule has 2 saturated heterocycles. The van der Waals surface area contributed by atoms with Crippen molar-refractivity contribution >= 4 is 23.6 Å². The molecule has 0 atom stereocenters. The molecule has 2 aliphatic rings. The Labute approximate surface area is 172 Å². The number of carbonyl (C=O) groups is 3. The second kappa shape index (κ2) is 9.29. The van der Waals surface area contributed by atoms with Gasteiger partial charge in [0.05, 0.1) is 12.5 Å². The van der Waals surface area contributed by atoms with E-state index in [0.717, 1.165) is 5.69 Å². The van der Waals surface area contributed by atoms with Crippen LogP contribution in [0, 0.1) is 5.92 Å². The lowest BCUT2D eigenvalue weighted by Crippen LogP contribution is -2.46. The first-order valence-electron chi connectivity index (χ1n) is 10.5. The Kier molecular flexibility index (Phi) is 6.77. The lowest BCUT2D eigenvalue weighted by Gasteiger charge is -2.32. The summed E-state index contributed by atoms with van der Waals surface area (Å²) in [5.74, 6) is 0.0863. The zero-order valence-electron chi connectivity index (χ0n) is 17.6. The maximum absolute atomic E-state index is 12.8. The highest BCUT2D eigenvalue weighted by Crippen LogP contribution is 2.24. The number of rotatable bonds is 6. The van der Waals surface area contributed by atoms with Crippen LogP contribution in [0.5, 0.6) is 0 Å². The molecule has 1 aromatic carbocycles. The predicted molar refractivity (Wildman–Crippen MR) is 111 cm³/mol. The smallest absolute Gasteiger partial charge is 0.325 e. The van der Waals surface area contributed by atoms with Crippen molar-refractivity contribution in [2.75, 3.05) is 44.2 Å². The van der Waals surface area contributed by atoms with Crippen LogP contribution in [-0.2, 0) is 14.3 Å². The third-order valence-corrected chi connectivity index (χ3v) is 5.76. The molecule has 2 fully saturated rings. The van der Waals surface area contributed by atoms with Gasteiger partial charge < -0.3 is 14.5 Å². The summed E-state index contributed by atoms with van der Waals surface area (Å²) in [6.07, 6.45) is 1.24. The zero-order valence-corrected chi connectivity index (χ0v) is 17.6.